The summed E-state index contributed by atoms with van der Waals surface area (Å²) in [4.78, 5) is 97.0. The van der Waals surface area contributed by atoms with Crippen LogP contribution in [-0.4, -0.2) is 116 Å². The molecule has 8 aromatic carbocycles. The summed E-state index contributed by atoms with van der Waals surface area (Å²) < 4.78 is 9.37. The molecule has 0 aliphatic heterocycles. The van der Waals surface area contributed by atoms with E-state index in [0.717, 1.165) is 194 Å². The van der Waals surface area contributed by atoms with Gasteiger partial charge in [0.2, 0.25) is 0 Å². The lowest BCUT2D eigenvalue weighted by atomic mass is 9.98. The topological polar surface area (TPSA) is 204 Å². The van der Waals surface area contributed by atoms with Gasteiger partial charge in [-0.05, 0) is 241 Å². The number of fused-ring (bicyclic) bond motifs is 22. The van der Waals surface area contributed by atoms with E-state index in [1.807, 2.05) is 78.9 Å². The van der Waals surface area contributed by atoms with E-state index in [9.17, 15) is 38.4 Å². The summed E-state index contributed by atoms with van der Waals surface area (Å²) in [5.41, 5.74) is 21.7. The highest BCUT2D eigenvalue weighted by Crippen LogP contribution is 2.45. The number of ketones is 8. The highest BCUT2D eigenvalue weighted by Gasteiger charge is 2.33. The first-order chi connectivity index (χ1) is 51.3. The van der Waals surface area contributed by atoms with Gasteiger partial charge in [-0.15, -0.1) is 0 Å². The highest BCUT2D eigenvalue weighted by atomic mass is 16.2. The Morgan fingerprint density at radius 2 is 0.600 bits per heavy atom. The molecule has 5 aliphatic carbocycles. The molecule has 17 rings (SSSR count). The summed E-state index contributed by atoms with van der Waals surface area (Å²) in [5.74, 6) is 1.41. The molecular weight excluding hydrogens is 1370 g/mol. The second-order valence-corrected chi connectivity index (χ2v) is 30.0. The Morgan fingerprint density at radius 3 is 0.918 bits per heavy atom. The van der Waals surface area contributed by atoms with Gasteiger partial charge in [-0.1, -0.05) is 71.2 Å². The van der Waals surface area contributed by atoms with Crippen LogP contribution >= 0.6 is 0 Å². The quantitative estimate of drug-likeness (QED) is 0.0370. The van der Waals surface area contributed by atoms with E-state index in [4.69, 9.17) is 0 Å². The maximum atomic E-state index is 12.3. The Balaban J connectivity index is 0.000000154. The van der Waals surface area contributed by atoms with Crippen LogP contribution in [0.15, 0.2) is 115 Å². The standard InChI is InChI=1S/2C23H24N2O2.C23H26N2O2.C21H24N2O2.4CH4/c1-13(2)24-11-12-25-18-7-3-14-16(5-9-20(14)26)22(18)23-17-6-10-21(27)15(17)4-8-19(23)25;1-2-24-12-3-13-25-18-8-4-14-16(6-10-20(14)26)22(18)23-17-7-11-21(27)15(17)5-9-19(23)25;1-3-11-24-12-4-13-25-20-8-5-16(15(2)26)14-19(20)23-18-7-10-22(27)17(18)6-9-21(23)25;1-13(2)22-9-10-23-20-7-5-16(14(3)24)11-18(20)19-12-17(15(4)25)6-8-21(19)23;;;;/h3-4,7-8,13,24H,5-6,9-12H2,1-2H3;4-5,8-9,24H,2-3,6-7,10-13H2,1H3;5-6,8-9,14,24H,3-4,7,10-13H2,1-2H3;5-8,11-13,22H,9-10H2,1-4H3;4*1H4. The molecular formula is C94H114N8O8. The summed E-state index contributed by atoms with van der Waals surface area (Å²) in [6.07, 6.45) is 10.3. The number of Topliss-reactive ketones (excluding diaryl/α,β-unsaturated/α-hetero) is 8. The van der Waals surface area contributed by atoms with E-state index in [2.05, 4.69) is 117 Å². The Bertz CT molecular complexity index is 5380. The largest absolute Gasteiger partial charge is 0.340 e. The molecule has 0 saturated carbocycles. The van der Waals surface area contributed by atoms with E-state index in [1.165, 1.54) is 71.4 Å². The van der Waals surface area contributed by atoms with Crippen molar-refractivity contribution in [2.24, 2.45) is 0 Å². The maximum Gasteiger partial charge on any atom is 0.163 e. The van der Waals surface area contributed by atoms with Gasteiger partial charge in [0.1, 0.15) is 0 Å². The predicted octanol–water partition coefficient (Wildman–Crippen LogP) is 19.4. The first-order valence-electron chi connectivity index (χ1n) is 38.7. The van der Waals surface area contributed by atoms with E-state index in [1.54, 1.807) is 20.8 Å². The van der Waals surface area contributed by atoms with Gasteiger partial charge >= 0.3 is 0 Å². The Kier molecular flexibility index (Phi) is 26.3. The monoisotopic (exact) mass is 1480 g/mol. The number of aromatic nitrogens is 4. The maximum absolute atomic E-state index is 12.3. The number of carbonyl (C=O) groups excluding carboxylic acids is 8. The first-order valence-corrected chi connectivity index (χ1v) is 38.7. The van der Waals surface area contributed by atoms with Crippen LogP contribution in [0.3, 0.4) is 0 Å². The summed E-state index contributed by atoms with van der Waals surface area (Å²) in [6.45, 7) is 27.0. The third-order valence-electron chi connectivity index (χ3n) is 22.5. The van der Waals surface area contributed by atoms with Crippen LogP contribution in [-0.2, 0) is 58.3 Å². The summed E-state index contributed by atoms with van der Waals surface area (Å²) in [5, 5.41) is 23.0. The number of hydrogen-bond donors (Lipinski definition) is 4. The van der Waals surface area contributed by atoms with E-state index in [0.29, 0.717) is 55.3 Å². The van der Waals surface area contributed by atoms with Gasteiger partial charge in [0.15, 0.2) is 46.3 Å². The number of hydrogen-bond acceptors (Lipinski definition) is 12. The number of rotatable bonds is 22. The van der Waals surface area contributed by atoms with Crippen LogP contribution < -0.4 is 21.3 Å². The number of nitrogens with one attached hydrogen (secondary N) is 4. The van der Waals surface area contributed by atoms with Crippen LogP contribution in [0, 0.1) is 0 Å². The van der Waals surface area contributed by atoms with Crippen LogP contribution in [0.4, 0.5) is 0 Å². The van der Waals surface area contributed by atoms with Crippen molar-refractivity contribution in [1.82, 2.24) is 39.5 Å². The number of aryl methyl sites for hydroxylation is 7. The van der Waals surface area contributed by atoms with Crippen LogP contribution in [0.25, 0.3) is 87.2 Å². The van der Waals surface area contributed by atoms with Crippen LogP contribution in [0.5, 0.6) is 0 Å². The van der Waals surface area contributed by atoms with Gasteiger partial charge < -0.3 is 39.5 Å². The average molecular weight is 1480 g/mol. The van der Waals surface area contributed by atoms with E-state index >= 15 is 0 Å². The van der Waals surface area contributed by atoms with Crippen molar-refractivity contribution < 1.29 is 38.4 Å². The molecule has 4 heterocycles. The summed E-state index contributed by atoms with van der Waals surface area (Å²) in [6, 6.07) is 39.1. The lowest BCUT2D eigenvalue weighted by Crippen LogP contribution is -2.26. The number of carbonyl (C=O) groups is 8. The van der Waals surface area contributed by atoms with Crippen molar-refractivity contribution in [2.75, 3.05) is 39.3 Å². The minimum atomic E-state index is 0. The molecule has 0 spiro atoms. The second-order valence-electron chi connectivity index (χ2n) is 30.0. The van der Waals surface area contributed by atoms with Gasteiger partial charge in [-0.2, -0.15) is 0 Å². The van der Waals surface area contributed by atoms with Crippen LogP contribution in [0.2, 0.25) is 0 Å². The molecule has 0 bridgehead atoms. The van der Waals surface area contributed by atoms with Gasteiger partial charge in [0.25, 0.3) is 0 Å². The molecule has 4 N–H and O–H groups in total. The smallest absolute Gasteiger partial charge is 0.163 e. The van der Waals surface area contributed by atoms with Crippen molar-refractivity contribution in [2.45, 2.75) is 214 Å². The van der Waals surface area contributed by atoms with Crippen molar-refractivity contribution in [3.63, 3.8) is 0 Å². The number of benzene rings is 8. The van der Waals surface area contributed by atoms with Crippen LogP contribution in [0.1, 0.15) is 254 Å². The van der Waals surface area contributed by atoms with Gasteiger partial charge in [0.05, 0.1) is 0 Å². The Labute approximate surface area is 648 Å². The van der Waals surface area contributed by atoms with Crippen molar-refractivity contribution in [1.29, 1.82) is 0 Å². The highest BCUT2D eigenvalue weighted by molar-refractivity contribution is 6.22. The van der Waals surface area contributed by atoms with Crippen molar-refractivity contribution in [3.05, 3.63) is 188 Å². The van der Waals surface area contributed by atoms with Crippen molar-refractivity contribution >= 4 is 133 Å². The van der Waals surface area contributed by atoms with Gasteiger partial charge in [0, 0.05) is 215 Å². The normalized spacial score (nSPS) is 13.8. The van der Waals surface area contributed by atoms with E-state index in [-0.39, 0.29) is 76.0 Å². The molecule has 0 radical (unpaired) electrons. The molecule has 0 amide bonds. The fourth-order valence-electron chi connectivity index (χ4n) is 17.4. The van der Waals surface area contributed by atoms with Gasteiger partial charge in [-0.25, -0.2) is 0 Å². The molecule has 0 fully saturated rings. The molecule has 5 aliphatic rings. The molecule has 16 nitrogen and oxygen atoms in total. The minimum Gasteiger partial charge on any atom is -0.340 e. The lowest BCUT2D eigenvalue weighted by Gasteiger charge is -2.11. The Hall–Kier alpha value is -9.84. The molecule has 16 heteroatoms. The molecule has 578 valence electrons. The predicted molar refractivity (Wildman–Crippen MR) is 455 cm³/mol. The molecule has 0 saturated heterocycles. The van der Waals surface area contributed by atoms with Gasteiger partial charge in [-0.3, -0.25) is 38.4 Å². The third kappa shape index (κ3) is 15.5. The molecule has 12 aromatic rings. The SMILES string of the molecule is C.C.C.C.CC(=O)c1ccc2c(c1)c1cc(C(C)=O)ccc1n2CCNC(C)C.CC(C)NCCn1c2ccc3c(c2c2c4c(ccc21)C(=O)CC4)CCC3=O.CCCNCCCn1c2ccc(C(C)=O)cc2c2c3c(ccc21)C(=O)CC3.CCNCCCn1c2ccc3c(c2c2c4c(ccc21)C(=O)CC4)CCC3=O. The molecule has 4 aromatic heterocycles. The summed E-state index contributed by atoms with van der Waals surface area (Å²) >= 11 is 0. The molecule has 110 heavy (non-hydrogen) atoms. The Morgan fingerprint density at radius 1 is 0.327 bits per heavy atom. The number of nitrogens with zero attached hydrogens (tertiary/aromatic N) is 4. The zero-order chi connectivity index (χ0) is 74.4. The zero-order valence-corrected chi connectivity index (χ0v) is 62.9. The minimum absolute atomic E-state index is 0. The molecule has 0 atom stereocenters. The third-order valence-corrected chi connectivity index (χ3v) is 22.5. The zero-order valence-electron chi connectivity index (χ0n) is 62.9. The van der Waals surface area contributed by atoms with E-state index < -0.39 is 0 Å². The summed E-state index contributed by atoms with van der Waals surface area (Å²) in [7, 11) is 0. The lowest BCUT2D eigenvalue weighted by molar-refractivity contribution is 0.0986. The second kappa shape index (κ2) is 35.0. The van der Waals surface area contributed by atoms with Crippen molar-refractivity contribution in [3.8, 4) is 0 Å². The fraction of sp³-hybridized carbons (Fsp3) is 0.404. The fourth-order valence-corrected chi connectivity index (χ4v) is 17.4. The first kappa shape index (κ1) is 82.6. The average Bonchev–Trinajstić information content (AvgIpc) is 1.60. The molecule has 0 unspecified atom stereocenters.